The molecule has 0 bridgehead atoms. The monoisotopic (exact) mass is 199 g/mol. The number of amides is 2. The summed E-state index contributed by atoms with van der Waals surface area (Å²) in [5.41, 5.74) is 10.4. The Labute approximate surface area is 80.1 Å². The van der Waals surface area contributed by atoms with Crippen molar-refractivity contribution in [2.24, 2.45) is 17.4 Å². The van der Waals surface area contributed by atoms with Crippen LogP contribution in [0, 0.1) is 5.92 Å². The van der Waals surface area contributed by atoms with Gasteiger partial charge in [-0.3, -0.25) is 9.59 Å². The quantitative estimate of drug-likeness (QED) is 0.485. The molecule has 70 valence electrons. The zero-order chi connectivity index (χ0) is 10.0. The SMILES string of the molecule is NC(=O)C1=CNC(=S)C(C(N)=O)C1. The van der Waals surface area contributed by atoms with Crippen LogP contribution in [0.3, 0.4) is 0 Å². The van der Waals surface area contributed by atoms with E-state index in [1.807, 2.05) is 0 Å². The van der Waals surface area contributed by atoms with Crippen LogP contribution in [0.1, 0.15) is 6.42 Å². The molecule has 13 heavy (non-hydrogen) atoms. The normalized spacial score (nSPS) is 21.7. The van der Waals surface area contributed by atoms with Crippen LogP contribution in [0.15, 0.2) is 11.8 Å². The van der Waals surface area contributed by atoms with Gasteiger partial charge in [0.25, 0.3) is 0 Å². The molecule has 0 aromatic heterocycles. The van der Waals surface area contributed by atoms with Crippen LogP contribution >= 0.6 is 12.2 Å². The van der Waals surface area contributed by atoms with Crippen molar-refractivity contribution in [1.29, 1.82) is 0 Å². The van der Waals surface area contributed by atoms with Gasteiger partial charge in [-0.05, 0) is 6.42 Å². The fraction of sp³-hybridized carbons (Fsp3) is 0.286. The summed E-state index contributed by atoms with van der Waals surface area (Å²) in [6.07, 6.45) is 1.60. The Morgan fingerprint density at radius 1 is 1.54 bits per heavy atom. The number of hydrogen-bond donors (Lipinski definition) is 3. The van der Waals surface area contributed by atoms with Crippen molar-refractivity contribution in [3.8, 4) is 0 Å². The second-order valence-electron chi connectivity index (χ2n) is 2.70. The molecule has 0 aliphatic carbocycles. The van der Waals surface area contributed by atoms with E-state index in [0.717, 1.165) is 0 Å². The maximum atomic E-state index is 10.8. The standard InChI is InChI=1S/C7H9N3O2S/c8-5(11)3-1-4(6(9)12)7(13)10-2-3/h2,4H,1H2,(H2,8,11)(H2,9,12)(H,10,13). The van der Waals surface area contributed by atoms with Crippen molar-refractivity contribution < 1.29 is 9.59 Å². The lowest BCUT2D eigenvalue weighted by atomic mass is 9.96. The van der Waals surface area contributed by atoms with Gasteiger partial charge in [-0.2, -0.15) is 0 Å². The van der Waals surface area contributed by atoms with E-state index in [-0.39, 0.29) is 6.42 Å². The number of carbonyl (C=O) groups is 2. The van der Waals surface area contributed by atoms with Gasteiger partial charge in [0.1, 0.15) is 0 Å². The molecule has 0 radical (unpaired) electrons. The molecule has 1 aliphatic rings. The Kier molecular flexibility index (Phi) is 2.62. The summed E-state index contributed by atoms with van der Waals surface area (Å²) in [6.45, 7) is 0. The Bertz CT molecular complexity index is 311. The van der Waals surface area contributed by atoms with Gasteiger partial charge in [-0.25, -0.2) is 0 Å². The van der Waals surface area contributed by atoms with Gasteiger partial charge in [0.15, 0.2) is 0 Å². The lowest BCUT2D eigenvalue weighted by Gasteiger charge is -2.20. The Morgan fingerprint density at radius 3 is 2.62 bits per heavy atom. The van der Waals surface area contributed by atoms with Crippen LogP contribution in [0.2, 0.25) is 0 Å². The minimum Gasteiger partial charge on any atom is -0.369 e. The first-order chi connectivity index (χ1) is 6.02. The van der Waals surface area contributed by atoms with E-state index in [4.69, 9.17) is 23.7 Å². The molecule has 5 nitrogen and oxygen atoms in total. The van der Waals surface area contributed by atoms with Gasteiger partial charge >= 0.3 is 0 Å². The highest BCUT2D eigenvalue weighted by atomic mass is 32.1. The van der Waals surface area contributed by atoms with Gasteiger partial charge < -0.3 is 16.8 Å². The lowest BCUT2D eigenvalue weighted by molar-refractivity contribution is -0.120. The predicted molar refractivity (Wildman–Crippen MR) is 50.3 cm³/mol. The van der Waals surface area contributed by atoms with E-state index in [0.29, 0.717) is 10.6 Å². The summed E-state index contributed by atoms with van der Waals surface area (Å²) in [4.78, 5) is 21.9. The number of rotatable bonds is 2. The highest BCUT2D eigenvalue weighted by Gasteiger charge is 2.26. The van der Waals surface area contributed by atoms with Crippen molar-refractivity contribution in [3.05, 3.63) is 11.8 Å². The molecule has 1 unspecified atom stereocenters. The predicted octanol–water partition coefficient (Wildman–Crippen LogP) is -1.22. The van der Waals surface area contributed by atoms with Crippen LogP contribution < -0.4 is 16.8 Å². The first-order valence-corrected chi connectivity index (χ1v) is 4.01. The second kappa shape index (κ2) is 3.53. The minimum atomic E-state index is -0.623. The van der Waals surface area contributed by atoms with Crippen LogP contribution in [0.25, 0.3) is 0 Å². The van der Waals surface area contributed by atoms with E-state index in [1.165, 1.54) is 6.20 Å². The zero-order valence-electron chi connectivity index (χ0n) is 6.74. The van der Waals surface area contributed by atoms with Gasteiger partial charge in [-0.15, -0.1) is 0 Å². The van der Waals surface area contributed by atoms with Gasteiger partial charge in [-0.1, -0.05) is 12.2 Å². The summed E-state index contributed by atoms with van der Waals surface area (Å²) in [6, 6.07) is 0. The Balaban J connectivity index is 2.84. The van der Waals surface area contributed by atoms with Crippen molar-refractivity contribution >= 4 is 29.0 Å². The number of thiocarbonyl (C=S) groups is 1. The second-order valence-corrected chi connectivity index (χ2v) is 3.14. The first kappa shape index (κ1) is 9.66. The fourth-order valence-corrected chi connectivity index (χ4v) is 1.29. The molecule has 0 aromatic rings. The van der Waals surface area contributed by atoms with Crippen LogP contribution in [-0.4, -0.2) is 16.8 Å². The van der Waals surface area contributed by atoms with Crippen molar-refractivity contribution in [2.75, 3.05) is 0 Å². The minimum absolute atomic E-state index is 0.191. The number of nitrogens with one attached hydrogen (secondary N) is 1. The maximum absolute atomic E-state index is 10.8. The smallest absolute Gasteiger partial charge is 0.246 e. The molecule has 0 saturated carbocycles. The summed E-state index contributed by atoms with van der Waals surface area (Å²) >= 11 is 4.83. The number of hydrogen-bond acceptors (Lipinski definition) is 3. The average molecular weight is 199 g/mol. The first-order valence-electron chi connectivity index (χ1n) is 3.61. The molecule has 1 atom stereocenters. The van der Waals surface area contributed by atoms with E-state index in [9.17, 15) is 9.59 Å². The van der Waals surface area contributed by atoms with Crippen molar-refractivity contribution in [1.82, 2.24) is 5.32 Å². The molecule has 1 aliphatic heterocycles. The van der Waals surface area contributed by atoms with Crippen LogP contribution in [-0.2, 0) is 9.59 Å². The largest absolute Gasteiger partial charge is 0.369 e. The molecule has 1 heterocycles. The van der Waals surface area contributed by atoms with E-state index in [1.54, 1.807) is 0 Å². The lowest BCUT2D eigenvalue weighted by Crippen LogP contribution is -2.40. The highest BCUT2D eigenvalue weighted by molar-refractivity contribution is 7.80. The van der Waals surface area contributed by atoms with Gasteiger partial charge in [0.05, 0.1) is 10.9 Å². The summed E-state index contributed by atoms with van der Waals surface area (Å²) in [7, 11) is 0. The maximum Gasteiger partial charge on any atom is 0.246 e. The molecule has 6 heteroatoms. The third-order valence-corrected chi connectivity index (χ3v) is 2.19. The molecule has 1 rings (SSSR count). The molecule has 5 N–H and O–H groups in total. The van der Waals surface area contributed by atoms with E-state index in [2.05, 4.69) is 5.32 Å². The third-order valence-electron chi connectivity index (χ3n) is 1.79. The average Bonchev–Trinajstić information content (AvgIpc) is 2.04. The summed E-state index contributed by atoms with van der Waals surface area (Å²) < 4.78 is 0. The Hall–Kier alpha value is -1.43. The molecular weight excluding hydrogens is 190 g/mol. The molecule has 2 amide bonds. The fourth-order valence-electron chi connectivity index (χ4n) is 1.03. The molecular formula is C7H9N3O2S. The highest BCUT2D eigenvalue weighted by Crippen LogP contribution is 2.16. The third kappa shape index (κ3) is 2.03. The van der Waals surface area contributed by atoms with Crippen LogP contribution in [0.5, 0.6) is 0 Å². The van der Waals surface area contributed by atoms with E-state index >= 15 is 0 Å². The van der Waals surface area contributed by atoms with Crippen molar-refractivity contribution in [2.45, 2.75) is 6.42 Å². The van der Waals surface area contributed by atoms with Crippen molar-refractivity contribution in [3.63, 3.8) is 0 Å². The number of nitrogens with two attached hydrogens (primary N) is 2. The summed E-state index contributed by atoms with van der Waals surface area (Å²) in [5.74, 6) is -1.74. The van der Waals surface area contributed by atoms with Crippen LogP contribution in [0.4, 0.5) is 0 Å². The summed E-state index contributed by atoms with van der Waals surface area (Å²) in [5, 5.41) is 2.61. The molecule has 0 spiro atoms. The number of carbonyl (C=O) groups excluding carboxylic acids is 2. The topological polar surface area (TPSA) is 98.2 Å². The Morgan fingerprint density at radius 2 is 2.15 bits per heavy atom. The van der Waals surface area contributed by atoms with Gasteiger partial charge in [0, 0.05) is 11.8 Å². The molecule has 0 fully saturated rings. The van der Waals surface area contributed by atoms with Gasteiger partial charge in [0.2, 0.25) is 11.8 Å². The molecule has 0 saturated heterocycles. The molecule has 0 aromatic carbocycles. The number of primary amides is 2. The van der Waals surface area contributed by atoms with E-state index < -0.39 is 17.7 Å². The zero-order valence-corrected chi connectivity index (χ0v) is 7.56.